The van der Waals surface area contributed by atoms with Crippen LogP contribution < -0.4 is 15.4 Å². The standard InChI is InChI=1S/C26H34FN3O7/c1-5-36-26-17(12-19(31)37-26)28-24(33)22-14-9-10-15(11-14)30(22)25(34)21(13(2)3)29-23(32)16-7-6-8-18(35-4)20(16)27/h6-8,13-15,17,21-22,26H,5,9-12H2,1-4H3,(H,28,33)(H,29,32)/t14-,15?,17-,21-,22-,26+/m0/s1. The van der Waals surface area contributed by atoms with E-state index in [2.05, 4.69) is 10.6 Å². The van der Waals surface area contributed by atoms with E-state index in [1.807, 2.05) is 0 Å². The summed E-state index contributed by atoms with van der Waals surface area (Å²) < 4.78 is 30.3. The number of cyclic esters (lactones) is 1. The van der Waals surface area contributed by atoms with Gasteiger partial charge in [0.05, 0.1) is 19.1 Å². The second-order valence-corrected chi connectivity index (χ2v) is 10.1. The molecule has 1 saturated carbocycles. The molecule has 2 saturated heterocycles. The lowest BCUT2D eigenvalue weighted by Crippen LogP contribution is -2.60. The molecule has 37 heavy (non-hydrogen) atoms. The van der Waals surface area contributed by atoms with Gasteiger partial charge in [-0.2, -0.15) is 0 Å². The number of hydrogen-bond donors (Lipinski definition) is 2. The van der Waals surface area contributed by atoms with Crippen molar-refractivity contribution < 1.29 is 37.8 Å². The summed E-state index contributed by atoms with van der Waals surface area (Å²) in [6, 6.07) is 1.73. The molecule has 0 spiro atoms. The first-order valence-corrected chi connectivity index (χ1v) is 12.7. The molecule has 2 bridgehead atoms. The zero-order valence-corrected chi connectivity index (χ0v) is 21.5. The number of likely N-dealkylation sites (tertiary alicyclic amines) is 1. The highest BCUT2D eigenvalue weighted by molar-refractivity contribution is 5.99. The Morgan fingerprint density at radius 2 is 2.00 bits per heavy atom. The number of carbonyl (C=O) groups excluding carboxylic acids is 4. The lowest BCUT2D eigenvalue weighted by Gasteiger charge is -2.38. The number of esters is 1. The number of hydrogen-bond acceptors (Lipinski definition) is 7. The molecule has 2 aliphatic heterocycles. The molecular weight excluding hydrogens is 485 g/mol. The Kier molecular flexibility index (Phi) is 8.01. The summed E-state index contributed by atoms with van der Waals surface area (Å²) in [6.07, 6.45) is 1.36. The van der Waals surface area contributed by atoms with Crippen molar-refractivity contribution in [2.24, 2.45) is 11.8 Å². The van der Waals surface area contributed by atoms with Gasteiger partial charge in [-0.05, 0) is 50.2 Å². The largest absolute Gasteiger partial charge is 0.494 e. The minimum atomic E-state index is -0.972. The molecule has 10 nitrogen and oxygen atoms in total. The minimum absolute atomic E-state index is 0.0120. The Morgan fingerprint density at radius 1 is 1.24 bits per heavy atom. The van der Waals surface area contributed by atoms with Crippen LogP contribution in [-0.2, 0) is 23.9 Å². The molecule has 4 rings (SSSR count). The highest BCUT2D eigenvalue weighted by Crippen LogP contribution is 2.43. The lowest BCUT2D eigenvalue weighted by atomic mass is 9.95. The Bertz CT molecular complexity index is 1060. The number of nitrogens with zero attached hydrogens (tertiary/aromatic N) is 1. The first-order chi connectivity index (χ1) is 17.7. The van der Waals surface area contributed by atoms with Crippen LogP contribution in [0, 0.1) is 17.7 Å². The summed E-state index contributed by atoms with van der Waals surface area (Å²) >= 11 is 0. The molecule has 0 aromatic heterocycles. The van der Waals surface area contributed by atoms with Crippen LogP contribution >= 0.6 is 0 Å². The Balaban J connectivity index is 1.52. The van der Waals surface area contributed by atoms with Gasteiger partial charge in [-0.1, -0.05) is 19.9 Å². The number of benzene rings is 1. The van der Waals surface area contributed by atoms with E-state index in [9.17, 15) is 23.6 Å². The molecule has 1 unspecified atom stereocenters. The van der Waals surface area contributed by atoms with Crippen LogP contribution in [0.5, 0.6) is 5.75 Å². The van der Waals surface area contributed by atoms with Gasteiger partial charge in [0.15, 0.2) is 11.6 Å². The molecule has 1 aromatic carbocycles. The molecule has 0 radical (unpaired) electrons. The number of fused-ring (bicyclic) bond motifs is 2. The normalized spacial score (nSPS) is 27.2. The average molecular weight is 520 g/mol. The first-order valence-electron chi connectivity index (χ1n) is 12.7. The van der Waals surface area contributed by atoms with Crippen molar-refractivity contribution in [3.63, 3.8) is 0 Å². The zero-order valence-electron chi connectivity index (χ0n) is 21.5. The number of nitrogens with one attached hydrogen (secondary N) is 2. The van der Waals surface area contributed by atoms with Crippen molar-refractivity contribution >= 4 is 23.7 Å². The first kappa shape index (κ1) is 26.8. The maximum atomic E-state index is 14.7. The smallest absolute Gasteiger partial charge is 0.310 e. The van der Waals surface area contributed by atoms with Crippen LogP contribution in [0.25, 0.3) is 0 Å². The number of methoxy groups -OCH3 is 1. The van der Waals surface area contributed by atoms with E-state index >= 15 is 0 Å². The van der Waals surface area contributed by atoms with E-state index in [-0.39, 0.29) is 47.4 Å². The second kappa shape index (κ2) is 11.0. The van der Waals surface area contributed by atoms with Gasteiger partial charge in [0.25, 0.3) is 5.91 Å². The Morgan fingerprint density at radius 3 is 2.68 bits per heavy atom. The van der Waals surface area contributed by atoms with Crippen LogP contribution in [0.2, 0.25) is 0 Å². The van der Waals surface area contributed by atoms with Gasteiger partial charge >= 0.3 is 5.97 Å². The molecule has 2 N–H and O–H groups in total. The van der Waals surface area contributed by atoms with E-state index in [0.717, 1.165) is 12.8 Å². The molecule has 6 atom stereocenters. The second-order valence-electron chi connectivity index (χ2n) is 10.1. The molecule has 1 aromatic rings. The van der Waals surface area contributed by atoms with Gasteiger partial charge in [0.1, 0.15) is 18.1 Å². The molecule has 3 aliphatic rings. The van der Waals surface area contributed by atoms with Crippen LogP contribution in [0.1, 0.15) is 56.8 Å². The fourth-order valence-electron chi connectivity index (χ4n) is 5.62. The molecule has 3 fully saturated rings. The summed E-state index contributed by atoms with van der Waals surface area (Å²) in [5.74, 6) is -3.21. The van der Waals surface area contributed by atoms with E-state index in [4.69, 9.17) is 14.2 Å². The van der Waals surface area contributed by atoms with Crippen LogP contribution in [0.15, 0.2) is 18.2 Å². The molecule has 202 valence electrons. The van der Waals surface area contributed by atoms with Crippen molar-refractivity contribution in [2.45, 2.75) is 76.9 Å². The number of ether oxygens (including phenoxy) is 3. The third kappa shape index (κ3) is 5.27. The van der Waals surface area contributed by atoms with Crippen molar-refractivity contribution in [1.29, 1.82) is 0 Å². The van der Waals surface area contributed by atoms with Crippen LogP contribution in [0.3, 0.4) is 0 Å². The third-order valence-electron chi connectivity index (χ3n) is 7.38. The van der Waals surface area contributed by atoms with Crippen molar-refractivity contribution in [3.05, 3.63) is 29.6 Å². The highest BCUT2D eigenvalue weighted by atomic mass is 19.1. The number of piperidine rings is 1. The van der Waals surface area contributed by atoms with Gasteiger partial charge in [-0.25, -0.2) is 4.39 Å². The maximum Gasteiger partial charge on any atom is 0.310 e. The van der Waals surface area contributed by atoms with Crippen molar-refractivity contribution in [3.8, 4) is 5.75 Å². The van der Waals surface area contributed by atoms with Crippen LogP contribution in [-0.4, -0.2) is 72.8 Å². The summed E-state index contributed by atoms with van der Waals surface area (Å²) in [7, 11) is 1.30. The van der Waals surface area contributed by atoms with Gasteiger partial charge in [0.2, 0.25) is 18.1 Å². The Labute approximate surface area is 215 Å². The number of carbonyl (C=O) groups is 4. The van der Waals surface area contributed by atoms with E-state index in [1.165, 1.54) is 25.3 Å². The highest BCUT2D eigenvalue weighted by Gasteiger charge is 2.53. The molecule has 1 aliphatic carbocycles. The molecule has 2 heterocycles. The quantitative estimate of drug-likeness (QED) is 0.477. The summed E-state index contributed by atoms with van der Waals surface area (Å²) in [5, 5.41) is 5.54. The van der Waals surface area contributed by atoms with Crippen LogP contribution in [0.4, 0.5) is 4.39 Å². The fourth-order valence-corrected chi connectivity index (χ4v) is 5.62. The zero-order chi connectivity index (χ0) is 26.9. The SMILES string of the molecule is CCO[C@@H]1OC(=O)C[C@@H]1NC(=O)[C@@H]1[C@H]2CCC(C2)N1C(=O)[C@@H](NC(=O)c1cccc(OC)c1F)C(C)C. The molecule has 3 amide bonds. The van der Waals surface area contributed by atoms with Gasteiger partial charge < -0.3 is 29.7 Å². The van der Waals surface area contributed by atoms with E-state index in [1.54, 1.807) is 25.7 Å². The fraction of sp³-hybridized carbons (Fsp3) is 0.615. The van der Waals surface area contributed by atoms with Gasteiger partial charge in [0, 0.05) is 12.6 Å². The third-order valence-corrected chi connectivity index (χ3v) is 7.38. The van der Waals surface area contributed by atoms with Crippen molar-refractivity contribution in [2.75, 3.05) is 13.7 Å². The summed E-state index contributed by atoms with van der Waals surface area (Å²) in [4.78, 5) is 53.6. The maximum absolute atomic E-state index is 14.7. The lowest BCUT2D eigenvalue weighted by molar-refractivity contribution is -0.165. The molecular formula is C26H34FN3O7. The van der Waals surface area contributed by atoms with Gasteiger partial charge in [-0.3, -0.25) is 19.2 Å². The minimum Gasteiger partial charge on any atom is -0.494 e. The van der Waals surface area contributed by atoms with Crippen molar-refractivity contribution in [1.82, 2.24) is 15.5 Å². The monoisotopic (exact) mass is 519 g/mol. The summed E-state index contributed by atoms with van der Waals surface area (Å²) in [5.41, 5.74) is -0.233. The predicted molar refractivity (Wildman–Crippen MR) is 129 cm³/mol. The predicted octanol–water partition coefficient (Wildman–Crippen LogP) is 1.76. The van der Waals surface area contributed by atoms with E-state index in [0.29, 0.717) is 13.0 Å². The number of amides is 3. The number of halogens is 1. The summed E-state index contributed by atoms with van der Waals surface area (Å²) in [6.45, 7) is 5.64. The van der Waals surface area contributed by atoms with Gasteiger partial charge in [-0.15, -0.1) is 0 Å². The average Bonchev–Trinajstić information content (AvgIpc) is 3.57. The van der Waals surface area contributed by atoms with E-state index < -0.39 is 42.1 Å². The molecule has 11 heteroatoms. The number of rotatable bonds is 9. The topological polar surface area (TPSA) is 123 Å². The Hall–Kier alpha value is -3.21.